The number of aliphatic hydroxyl groups excluding tert-OH is 1. The number of carbonyl (C=O) groups is 1. The second kappa shape index (κ2) is 5.28. The third-order valence-electron chi connectivity index (χ3n) is 4.82. The summed E-state index contributed by atoms with van der Waals surface area (Å²) in [6.45, 7) is 8.00. The molecule has 0 aromatic heterocycles. The van der Waals surface area contributed by atoms with E-state index in [9.17, 15) is 9.90 Å². The molecule has 2 rings (SSSR count). The second-order valence-electron chi connectivity index (χ2n) is 6.93. The van der Waals surface area contributed by atoms with Gasteiger partial charge in [-0.15, -0.1) is 0 Å². The Morgan fingerprint density at radius 3 is 2.74 bits per heavy atom. The van der Waals surface area contributed by atoms with Crippen LogP contribution in [-0.4, -0.2) is 23.3 Å². The molecule has 0 bridgehead atoms. The zero-order chi connectivity index (χ0) is 14.2. The lowest BCUT2D eigenvalue weighted by molar-refractivity contribution is -0.174. The molecule has 2 aliphatic carbocycles. The van der Waals surface area contributed by atoms with Crippen molar-refractivity contribution in [1.29, 1.82) is 0 Å². The van der Waals surface area contributed by atoms with Gasteiger partial charge in [-0.1, -0.05) is 25.5 Å². The maximum Gasteiger partial charge on any atom is 0.302 e. The maximum absolute atomic E-state index is 11.4. The van der Waals surface area contributed by atoms with Gasteiger partial charge in [0.05, 0.1) is 6.10 Å². The fourth-order valence-electron chi connectivity index (χ4n) is 4.01. The number of aliphatic hydroxyl groups is 1. The topological polar surface area (TPSA) is 46.5 Å². The molecular weight excluding hydrogens is 240 g/mol. The van der Waals surface area contributed by atoms with Crippen molar-refractivity contribution in [2.75, 3.05) is 0 Å². The zero-order valence-electron chi connectivity index (χ0n) is 12.5. The highest BCUT2D eigenvalue weighted by molar-refractivity contribution is 5.66. The summed E-state index contributed by atoms with van der Waals surface area (Å²) in [5.41, 5.74) is 1.41. The number of fused-ring (bicyclic) bond motifs is 1. The molecule has 0 amide bonds. The van der Waals surface area contributed by atoms with Crippen molar-refractivity contribution < 1.29 is 14.6 Å². The van der Waals surface area contributed by atoms with E-state index in [2.05, 4.69) is 26.8 Å². The Morgan fingerprint density at radius 1 is 1.47 bits per heavy atom. The lowest BCUT2D eigenvalue weighted by atomic mass is 9.51. The summed E-state index contributed by atoms with van der Waals surface area (Å²) in [5.74, 6) is 0.333. The monoisotopic (exact) mass is 266 g/mol. The maximum atomic E-state index is 11.4. The highest BCUT2D eigenvalue weighted by Crippen LogP contribution is 2.56. The van der Waals surface area contributed by atoms with Crippen molar-refractivity contribution in [2.24, 2.45) is 17.3 Å². The molecule has 0 heterocycles. The van der Waals surface area contributed by atoms with Crippen LogP contribution in [0.5, 0.6) is 0 Å². The number of allylic oxidation sites excluding steroid dienone is 1. The van der Waals surface area contributed by atoms with E-state index in [-0.39, 0.29) is 35.4 Å². The molecule has 0 unspecified atom stereocenters. The predicted octanol–water partition coefficient (Wildman–Crippen LogP) is 3.07. The lowest BCUT2D eigenvalue weighted by Crippen LogP contribution is -2.55. The molecule has 1 fully saturated rings. The summed E-state index contributed by atoms with van der Waals surface area (Å²) in [6.07, 6.45) is 5.39. The molecule has 108 valence electrons. The summed E-state index contributed by atoms with van der Waals surface area (Å²) in [5, 5.41) is 10.3. The molecule has 0 saturated heterocycles. The van der Waals surface area contributed by atoms with Crippen molar-refractivity contribution in [3.8, 4) is 0 Å². The summed E-state index contributed by atoms with van der Waals surface area (Å²) < 4.78 is 5.58. The van der Waals surface area contributed by atoms with E-state index in [1.165, 1.54) is 12.5 Å². The zero-order valence-corrected chi connectivity index (χ0v) is 12.5. The Hall–Kier alpha value is -0.830. The SMILES string of the molecule is CC(=O)O[C@H]1C/C(C)=C/CC[C@@H](O)[C@H]2CC(C)(C)[C@@H]21. The first kappa shape index (κ1) is 14.6. The average Bonchev–Trinajstić information content (AvgIpc) is 2.27. The minimum absolute atomic E-state index is 0.0877. The van der Waals surface area contributed by atoms with E-state index in [0.29, 0.717) is 0 Å². The molecular formula is C16H26O3. The summed E-state index contributed by atoms with van der Waals surface area (Å²) in [6, 6.07) is 0. The third kappa shape index (κ3) is 3.02. The average molecular weight is 266 g/mol. The molecule has 3 nitrogen and oxygen atoms in total. The van der Waals surface area contributed by atoms with Gasteiger partial charge in [-0.25, -0.2) is 0 Å². The van der Waals surface area contributed by atoms with E-state index in [4.69, 9.17) is 4.74 Å². The number of hydrogen-bond acceptors (Lipinski definition) is 3. The molecule has 1 saturated carbocycles. The third-order valence-corrected chi connectivity index (χ3v) is 4.82. The fourth-order valence-corrected chi connectivity index (χ4v) is 4.01. The van der Waals surface area contributed by atoms with Gasteiger partial charge < -0.3 is 9.84 Å². The van der Waals surface area contributed by atoms with Gasteiger partial charge in [0, 0.05) is 19.3 Å². The molecule has 4 atom stereocenters. The van der Waals surface area contributed by atoms with Crippen LogP contribution in [0, 0.1) is 17.3 Å². The van der Waals surface area contributed by atoms with Gasteiger partial charge in [0.15, 0.2) is 0 Å². The van der Waals surface area contributed by atoms with Crippen LogP contribution in [0.15, 0.2) is 11.6 Å². The van der Waals surface area contributed by atoms with E-state index >= 15 is 0 Å². The van der Waals surface area contributed by atoms with Crippen LogP contribution in [0.25, 0.3) is 0 Å². The van der Waals surface area contributed by atoms with Crippen LogP contribution in [0.3, 0.4) is 0 Å². The molecule has 0 aliphatic heterocycles. The van der Waals surface area contributed by atoms with Crippen LogP contribution in [0.1, 0.15) is 53.4 Å². The minimum Gasteiger partial charge on any atom is -0.462 e. The van der Waals surface area contributed by atoms with Gasteiger partial charge in [0.1, 0.15) is 6.10 Å². The highest BCUT2D eigenvalue weighted by atomic mass is 16.5. The van der Waals surface area contributed by atoms with Gasteiger partial charge >= 0.3 is 5.97 Å². The molecule has 0 radical (unpaired) electrons. The largest absolute Gasteiger partial charge is 0.462 e. The molecule has 1 N–H and O–H groups in total. The highest BCUT2D eigenvalue weighted by Gasteiger charge is 2.54. The Morgan fingerprint density at radius 2 is 2.16 bits per heavy atom. The first-order valence-electron chi connectivity index (χ1n) is 7.32. The van der Waals surface area contributed by atoms with Crippen molar-refractivity contribution in [3.63, 3.8) is 0 Å². The Labute approximate surface area is 116 Å². The second-order valence-corrected chi connectivity index (χ2v) is 6.93. The number of rotatable bonds is 1. The van der Waals surface area contributed by atoms with Crippen molar-refractivity contribution in [3.05, 3.63) is 11.6 Å². The normalized spacial score (nSPS) is 40.6. The van der Waals surface area contributed by atoms with Crippen LogP contribution >= 0.6 is 0 Å². The fraction of sp³-hybridized carbons (Fsp3) is 0.812. The van der Waals surface area contributed by atoms with Crippen molar-refractivity contribution >= 4 is 5.97 Å². The first-order valence-corrected chi connectivity index (χ1v) is 7.32. The standard InChI is InChI=1S/C16H26O3/c1-10-6-5-7-13(18)12-9-16(3,4)15(12)14(8-10)19-11(2)17/h6,12-15,18H,5,7-9H2,1-4H3/b10-6+/t12-,13-,14+,15+/m1/s1. The van der Waals surface area contributed by atoms with Gasteiger partial charge in [-0.3, -0.25) is 4.79 Å². The Balaban J connectivity index is 2.25. The lowest BCUT2D eigenvalue weighted by Gasteiger charge is -2.55. The molecule has 19 heavy (non-hydrogen) atoms. The van der Waals surface area contributed by atoms with Gasteiger partial charge in [0.2, 0.25) is 0 Å². The number of hydrogen-bond donors (Lipinski definition) is 1. The Kier molecular flexibility index (Phi) is 4.05. The molecule has 3 heteroatoms. The van der Waals surface area contributed by atoms with Gasteiger partial charge in [-0.2, -0.15) is 0 Å². The number of ether oxygens (including phenoxy) is 1. The van der Waals surface area contributed by atoms with E-state index in [0.717, 1.165) is 25.7 Å². The molecule has 0 spiro atoms. The summed E-state index contributed by atoms with van der Waals surface area (Å²) >= 11 is 0. The van der Waals surface area contributed by atoms with Crippen LogP contribution in [-0.2, 0) is 9.53 Å². The summed E-state index contributed by atoms with van der Waals surface area (Å²) in [7, 11) is 0. The van der Waals surface area contributed by atoms with Crippen molar-refractivity contribution in [2.45, 2.75) is 65.6 Å². The quantitative estimate of drug-likeness (QED) is 0.586. The predicted molar refractivity (Wildman–Crippen MR) is 74.5 cm³/mol. The molecule has 0 aromatic carbocycles. The number of esters is 1. The molecule has 0 aromatic rings. The van der Waals surface area contributed by atoms with Crippen LogP contribution in [0.4, 0.5) is 0 Å². The van der Waals surface area contributed by atoms with Crippen LogP contribution < -0.4 is 0 Å². The van der Waals surface area contributed by atoms with E-state index < -0.39 is 0 Å². The van der Waals surface area contributed by atoms with E-state index in [1.54, 1.807) is 0 Å². The van der Waals surface area contributed by atoms with Crippen LogP contribution in [0.2, 0.25) is 0 Å². The minimum atomic E-state index is -0.266. The number of carbonyl (C=O) groups excluding carboxylic acids is 1. The van der Waals surface area contributed by atoms with Gasteiger partial charge in [-0.05, 0) is 37.5 Å². The van der Waals surface area contributed by atoms with Crippen molar-refractivity contribution in [1.82, 2.24) is 0 Å². The first-order chi connectivity index (χ1) is 8.81. The molecule has 2 aliphatic rings. The van der Waals surface area contributed by atoms with E-state index in [1.807, 2.05) is 0 Å². The van der Waals surface area contributed by atoms with Gasteiger partial charge in [0.25, 0.3) is 0 Å². The summed E-state index contributed by atoms with van der Waals surface area (Å²) in [4.78, 5) is 11.4. The smallest absolute Gasteiger partial charge is 0.302 e. The Bertz CT molecular complexity index is 383.